The van der Waals surface area contributed by atoms with Crippen LogP contribution in [0.1, 0.15) is 11.1 Å². The van der Waals surface area contributed by atoms with Crippen molar-refractivity contribution in [2.75, 3.05) is 0 Å². The van der Waals surface area contributed by atoms with Crippen molar-refractivity contribution in [3.05, 3.63) is 34.3 Å². The molecule has 0 aliphatic heterocycles. The molecule has 0 amide bonds. The van der Waals surface area contributed by atoms with Gasteiger partial charge in [-0.2, -0.15) is 21.6 Å². The molecule has 2 nitrogen and oxygen atoms in total. The zero-order chi connectivity index (χ0) is 12.6. The van der Waals surface area contributed by atoms with Crippen molar-refractivity contribution in [2.24, 2.45) is 0 Å². The standard InChI is InChI=1S/C8H5ClF4O2S/c9-6-2-1-5(4-16(13,14)15)7(3-6)8(10,11)12/h1-3H,4H2. The molecular weight excluding hydrogens is 272 g/mol. The Bertz CT molecular complexity index is 495. The van der Waals surface area contributed by atoms with Gasteiger partial charge in [-0.05, 0) is 17.7 Å². The van der Waals surface area contributed by atoms with E-state index in [4.69, 9.17) is 11.6 Å². The second kappa shape index (κ2) is 4.21. The summed E-state index contributed by atoms with van der Waals surface area (Å²) in [6.07, 6.45) is -4.77. The first-order valence-electron chi connectivity index (χ1n) is 3.87. The van der Waals surface area contributed by atoms with Gasteiger partial charge in [-0.1, -0.05) is 17.7 Å². The van der Waals surface area contributed by atoms with E-state index in [1.807, 2.05) is 0 Å². The van der Waals surface area contributed by atoms with Gasteiger partial charge in [0.05, 0.1) is 5.56 Å². The zero-order valence-electron chi connectivity index (χ0n) is 7.55. The number of hydrogen-bond acceptors (Lipinski definition) is 2. The van der Waals surface area contributed by atoms with Crippen LogP contribution in [0.25, 0.3) is 0 Å². The van der Waals surface area contributed by atoms with Crippen LogP contribution < -0.4 is 0 Å². The highest BCUT2D eigenvalue weighted by atomic mass is 35.5. The van der Waals surface area contributed by atoms with Crippen molar-refractivity contribution in [3.63, 3.8) is 0 Å². The zero-order valence-corrected chi connectivity index (χ0v) is 9.13. The molecule has 16 heavy (non-hydrogen) atoms. The quantitative estimate of drug-likeness (QED) is 0.614. The molecule has 0 saturated heterocycles. The molecule has 0 aromatic heterocycles. The minimum absolute atomic E-state index is 0.202. The average Bonchev–Trinajstić information content (AvgIpc) is 2.04. The van der Waals surface area contributed by atoms with Gasteiger partial charge in [0, 0.05) is 5.02 Å². The molecule has 0 N–H and O–H groups in total. The van der Waals surface area contributed by atoms with E-state index in [1.165, 1.54) is 0 Å². The fourth-order valence-corrected chi connectivity index (χ4v) is 1.92. The van der Waals surface area contributed by atoms with Crippen LogP contribution in [0, 0.1) is 0 Å². The molecular formula is C8H5ClF4O2S. The molecule has 0 unspecified atom stereocenters. The van der Waals surface area contributed by atoms with Crippen LogP contribution in [0.5, 0.6) is 0 Å². The Labute approximate surface area is 94.0 Å². The summed E-state index contributed by atoms with van der Waals surface area (Å²) in [7, 11) is -5.02. The number of halogens is 5. The van der Waals surface area contributed by atoms with Crippen molar-refractivity contribution in [2.45, 2.75) is 11.9 Å². The van der Waals surface area contributed by atoms with Crippen LogP contribution in [-0.4, -0.2) is 8.42 Å². The number of alkyl halides is 3. The third-order valence-corrected chi connectivity index (χ3v) is 2.60. The largest absolute Gasteiger partial charge is 0.416 e. The molecule has 0 fully saturated rings. The summed E-state index contributed by atoms with van der Waals surface area (Å²) in [6, 6.07) is 2.46. The number of benzene rings is 1. The normalized spacial score (nSPS) is 12.8. The summed E-state index contributed by atoms with van der Waals surface area (Å²) in [5.41, 5.74) is -1.92. The molecule has 0 aliphatic rings. The lowest BCUT2D eigenvalue weighted by molar-refractivity contribution is -0.138. The highest BCUT2D eigenvalue weighted by molar-refractivity contribution is 7.85. The van der Waals surface area contributed by atoms with Gasteiger partial charge >= 0.3 is 16.4 Å². The number of rotatable bonds is 2. The average molecular weight is 277 g/mol. The minimum Gasteiger partial charge on any atom is -0.194 e. The first kappa shape index (κ1) is 13.2. The summed E-state index contributed by atoms with van der Waals surface area (Å²) in [6.45, 7) is 0. The van der Waals surface area contributed by atoms with E-state index in [-0.39, 0.29) is 5.02 Å². The van der Waals surface area contributed by atoms with Crippen LogP contribution >= 0.6 is 11.6 Å². The Morgan fingerprint density at radius 1 is 1.25 bits per heavy atom. The fourth-order valence-electron chi connectivity index (χ4n) is 1.12. The van der Waals surface area contributed by atoms with Gasteiger partial charge in [0.25, 0.3) is 0 Å². The van der Waals surface area contributed by atoms with E-state index >= 15 is 0 Å². The molecule has 0 bridgehead atoms. The molecule has 0 spiro atoms. The predicted octanol–water partition coefficient (Wildman–Crippen LogP) is 3.16. The maximum absolute atomic E-state index is 12.4. The van der Waals surface area contributed by atoms with Crippen LogP contribution in [0.3, 0.4) is 0 Å². The Balaban J connectivity index is 3.29. The highest BCUT2D eigenvalue weighted by Gasteiger charge is 2.34. The van der Waals surface area contributed by atoms with Crippen molar-refractivity contribution >= 4 is 21.8 Å². The van der Waals surface area contributed by atoms with Gasteiger partial charge in [-0.25, -0.2) is 0 Å². The summed E-state index contributed by atoms with van der Waals surface area (Å²) in [5.74, 6) is -1.32. The minimum atomic E-state index is -5.02. The smallest absolute Gasteiger partial charge is 0.194 e. The van der Waals surface area contributed by atoms with Crippen LogP contribution in [0.4, 0.5) is 17.1 Å². The first-order valence-corrected chi connectivity index (χ1v) is 5.80. The summed E-state index contributed by atoms with van der Waals surface area (Å²) < 4.78 is 70.2. The van der Waals surface area contributed by atoms with E-state index in [0.29, 0.717) is 6.07 Å². The molecule has 90 valence electrons. The van der Waals surface area contributed by atoms with Gasteiger partial charge < -0.3 is 0 Å². The monoisotopic (exact) mass is 276 g/mol. The Morgan fingerprint density at radius 2 is 1.81 bits per heavy atom. The van der Waals surface area contributed by atoms with E-state index in [1.54, 1.807) is 0 Å². The fraction of sp³-hybridized carbons (Fsp3) is 0.250. The Kier molecular flexibility index (Phi) is 3.49. The molecule has 1 rings (SSSR count). The third kappa shape index (κ3) is 3.64. The summed E-state index contributed by atoms with van der Waals surface area (Å²) in [5, 5.41) is -0.202. The molecule has 0 radical (unpaired) electrons. The Hall–Kier alpha value is -0.820. The molecule has 0 heterocycles. The molecule has 0 atom stereocenters. The molecule has 1 aromatic rings. The van der Waals surface area contributed by atoms with Crippen LogP contribution in [0.15, 0.2) is 18.2 Å². The Morgan fingerprint density at radius 3 is 2.25 bits per heavy atom. The van der Waals surface area contributed by atoms with E-state index < -0.39 is 33.3 Å². The molecule has 1 aromatic carbocycles. The van der Waals surface area contributed by atoms with Gasteiger partial charge in [-0.3, -0.25) is 0 Å². The van der Waals surface area contributed by atoms with E-state index in [9.17, 15) is 25.5 Å². The lowest BCUT2D eigenvalue weighted by atomic mass is 10.1. The first-order chi connectivity index (χ1) is 7.09. The van der Waals surface area contributed by atoms with Crippen LogP contribution in [-0.2, 0) is 22.2 Å². The van der Waals surface area contributed by atoms with Crippen LogP contribution in [0.2, 0.25) is 5.02 Å². The highest BCUT2D eigenvalue weighted by Crippen LogP contribution is 2.34. The maximum Gasteiger partial charge on any atom is 0.416 e. The van der Waals surface area contributed by atoms with Gasteiger partial charge in [0.1, 0.15) is 5.75 Å². The van der Waals surface area contributed by atoms with Crippen molar-refractivity contribution in [1.82, 2.24) is 0 Å². The third-order valence-electron chi connectivity index (χ3n) is 1.71. The van der Waals surface area contributed by atoms with Crippen molar-refractivity contribution in [1.29, 1.82) is 0 Å². The lowest BCUT2D eigenvalue weighted by Gasteiger charge is -2.11. The van der Waals surface area contributed by atoms with E-state index in [0.717, 1.165) is 12.1 Å². The van der Waals surface area contributed by atoms with E-state index in [2.05, 4.69) is 0 Å². The van der Waals surface area contributed by atoms with Crippen molar-refractivity contribution in [3.8, 4) is 0 Å². The van der Waals surface area contributed by atoms with Crippen molar-refractivity contribution < 1.29 is 25.5 Å². The number of hydrogen-bond donors (Lipinski definition) is 0. The van der Waals surface area contributed by atoms with Gasteiger partial charge in [0.2, 0.25) is 0 Å². The lowest BCUT2D eigenvalue weighted by Crippen LogP contribution is -2.11. The topological polar surface area (TPSA) is 34.1 Å². The van der Waals surface area contributed by atoms with Gasteiger partial charge in [-0.15, -0.1) is 3.89 Å². The SMILES string of the molecule is O=S(=O)(F)Cc1ccc(Cl)cc1C(F)(F)F. The van der Waals surface area contributed by atoms with Gasteiger partial charge in [0.15, 0.2) is 0 Å². The summed E-state index contributed by atoms with van der Waals surface area (Å²) in [4.78, 5) is 0. The second-order valence-corrected chi connectivity index (χ2v) is 4.79. The molecule has 0 aliphatic carbocycles. The molecule has 0 saturated carbocycles. The predicted molar refractivity (Wildman–Crippen MR) is 50.2 cm³/mol. The molecule has 8 heteroatoms. The second-order valence-electron chi connectivity index (χ2n) is 2.98. The maximum atomic E-state index is 12.4. The summed E-state index contributed by atoms with van der Waals surface area (Å²) >= 11 is 5.35.